The topological polar surface area (TPSA) is 86.4 Å². The number of piperidine rings is 1. The first-order valence-electron chi connectivity index (χ1n) is 6.16. The number of hydrogen-bond acceptors (Lipinski definition) is 4. The Kier molecular flexibility index (Phi) is 3.91. The Bertz CT molecular complexity index is 538. The van der Waals surface area contributed by atoms with E-state index in [4.69, 9.17) is 0 Å². The van der Waals surface area contributed by atoms with Crippen molar-refractivity contribution in [1.29, 1.82) is 0 Å². The van der Waals surface area contributed by atoms with Gasteiger partial charge in [0, 0.05) is 26.8 Å². The molecule has 1 amide bonds. The summed E-state index contributed by atoms with van der Waals surface area (Å²) in [4.78, 5) is 13.7. The minimum atomic E-state index is -3.65. The maximum absolute atomic E-state index is 12.5. The van der Waals surface area contributed by atoms with Crippen LogP contribution in [0, 0.1) is 0 Å². The minimum Gasteiger partial charge on any atom is -0.347 e. The maximum atomic E-state index is 12.5. The zero-order valence-electron chi connectivity index (χ0n) is 11.0. The number of H-pyrrole nitrogens is 1. The van der Waals surface area contributed by atoms with Gasteiger partial charge < -0.3 is 4.90 Å². The second-order valence-corrected chi connectivity index (χ2v) is 6.68. The fraction of sp³-hybridized carbons (Fsp3) is 0.636. The number of nitrogens with one attached hydrogen (secondary N) is 1. The molecule has 1 aromatic heterocycles. The Hall–Kier alpha value is -1.41. The molecule has 0 bridgehead atoms. The number of carbonyl (C=O) groups is 1. The maximum Gasteiger partial charge on any atom is 0.246 e. The second kappa shape index (κ2) is 5.30. The molecule has 1 atom stereocenters. The molecule has 2 heterocycles. The van der Waals surface area contributed by atoms with Gasteiger partial charge in [-0.05, 0) is 12.8 Å². The summed E-state index contributed by atoms with van der Waals surface area (Å²) >= 11 is 0. The monoisotopic (exact) mass is 286 g/mol. The van der Waals surface area contributed by atoms with Crippen LogP contribution in [0.2, 0.25) is 0 Å². The highest BCUT2D eigenvalue weighted by Gasteiger charge is 2.38. The number of rotatable bonds is 3. The number of nitrogens with zero attached hydrogens (tertiary/aromatic N) is 3. The lowest BCUT2D eigenvalue weighted by Gasteiger charge is -2.34. The Morgan fingerprint density at radius 2 is 2.21 bits per heavy atom. The van der Waals surface area contributed by atoms with Crippen molar-refractivity contribution in [3.05, 3.63) is 12.4 Å². The standard InChI is InChI=1S/C11H18N4O3S/c1-14(2)11(16)10-5-3-4-6-15(10)19(17,18)9-7-12-13-8-9/h7-8,10H,3-6H2,1-2H3,(H,12,13)/t10-/m1/s1. The van der Waals surface area contributed by atoms with E-state index in [2.05, 4.69) is 10.2 Å². The first-order valence-corrected chi connectivity index (χ1v) is 7.60. The molecule has 0 aliphatic carbocycles. The molecule has 1 fully saturated rings. The third-order valence-electron chi connectivity index (χ3n) is 3.26. The predicted octanol–water partition coefficient (Wildman–Crippen LogP) is 0.0411. The molecule has 1 aliphatic heterocycles. The molecule has 1 aliphatic rings. The van der Waals surface area contributed by atoms with Crippen LogP contribution in [0.5, 0.6) is 0 Å². The summed E-state index contributed by atoms with van der Waals surface area (Å²) < 4.78 is 26.3. The van der Waals surface area contributed by atoms with Crippen molar-refractivity contribution in [1.82, 2.24) is 19.4 Å². The van der Waals surface area contributed by atoms with E-state index >= 15 is 0 Å². The highest BCUT2D eigenvalue weighted by atomic mass is 32.2. The average Bonchev–Trinajstić information content (AvgIpc) is 2.92. The molecule has 1 saturated heterocycles. The van der Waals surface area contributed by atoms with Gasteiger partial charge in [-0.3, -0.25) is 9.89 Å². The first kappa shape index (κ1) is 14.0. The molecular formula is C11H18N4O3S. The summed E-state index contributed by atoms with van der Waals surface area (Å²) in [6.45, 7) is 0.373. The third-order valence-corrected chi connectivity index (χ3v) is 5.13. The molecule has 0 radical (unpaired) electrons. The predicted molar refractivity (Wildman–Crippen MR) is 68.8 cm³/mol. The third kappa shape index (κ3) is 2.64. The lowest BCUT2D eigenvalue weighted by molar-refractivity contribution is -0.133. The van der Waals surface area contributed by atoms with E-state index in [0.29, 0.717) is 13.0 Å². The van der Waals surface area contributed by atoms with E-state index in [1.54, 1.807) is 14.1 Å². The molecule has 1 aromatic rings. The highest BCUT2D eigenvalue weighted by molar-refractivity contribution is 7.89. The number of aromatic amines is 1. The minimum absolute atomic E-state index is 0.103. The van der Waals surface area contributed by atoms with E-state index in [1.165, 1.54) is 21.6 Å². The van der Waals surface area contributed by atoms with E-state index < -0.39 is 16.1 Å². The zero-order valence-corrected chi connectivity index (χ0v) is 11.9. The number of amides is 1. The van der Waals surface area contributed by atoms with Crippen LogP contribution >= 0.6 is 0 Å². The molecule has 7 nitrogen and oxygen atoms in total. The summed E-state index contributed by atoms with van der Waals surface area (Å²) in [5, 5.41) is 6.15. The number of sulfonamides is 1. The zero-order chi connectivity index (χ0) is 14.0. The number of likely N-dealkylation sites (N-methyl/N-ethyl adjacent to an activating group) is 1. The quantitative estimate of drug-likeness (QED) is 0.850. The lowest BCUT2D eigenvalue weighted by atomic mass is 10.0. The van der Waals surface area contributed by atoms with Gasteiger partial charge in [0.1, 0.15) is 10.9 Å². The summed E-state index contributed by atoms with van der Waals surface area (Å²) in [5.74, 6) is -0.174. The van der Waals surface area contributed by atoms with Crippen LogP contribution in [0.25, 0.3) is 0 Å². The van der Waals surface area contributed by atoms with Crippen molar-refractivity contribution in [3.8, 4) is 0 Å². The number of hydrogen-bond donors (Lipinski definition) is 1. The number of aromatic nitrogens is 2. The van der Waals surface area contributed by atoms with E-state index in [0.717, 1.165) is 12.8 Å². The van der Waals surface area contributed by atoms with Crippen LogP contribution in [-0.2, 0) is 14.8 Å². The Morgan fingerprint density at radius 1 is 1.47 bits per heavy atom. The molecule has 8 heteroatoms. The summed E-state index contributed by atoms with van der Waals surface area (Å²) in [6, 6.07) is -0.608. The van der Waals surface area contributed by atoms with Crippen LogP contribution in [0.4, 0.5) is 0 Å². The van der Waals surface area contributed by atoms with Crippen molar-refractivity contribution in [2.75, 3.05) is 20.6 Å². The molecule has 0 spiro atoms. The summed E-state index contributed by atoms with van der Waals surface area (Å²) in [7, 11) is -0.377. The fourth-order valence-electron chi connectivity index (χ4n) is 2.25. The van der Waals surface area contributed by atoms with Gasteiger partial charge in [-0.1, -0.05) is 6.42 Å². The van der Waals surface area contributed by atoms with Gasteiger partial charge in [0.25, 0.3) is 0 Å². The molecule has 0 saturated carbocycles. The highest BCUT2D eigenvalue weighted by Crippen LogP contribution is 2.25. The SMILES string of the molecule is CN(C)C(=O)[C@H]1CCCCN1S(=O)(=O)c1cn[nH]c1. The van der Waals surface area contributed by atoms with Crippen LogP contribution in [0.15, 0.2) is 17.3 Å². The molecule has 106 valence electrons. The van der Waals surface area contributed by atoms with Crippen LogP contribution in [0.3, 0.4) is 0 Å². The van der Waals surface area contributed by atoms with Crippen molar-refractivity contribution in [2.45, 2.75) is 30.2 Å². The Labute approximate surface area is 112 Å². The van der Waals surface area contributed by atoms with Gasteiger partial charge in [-0.25, -0.2) is 8.42 Å². The summed E-state index contributed by atoms with van der Waals surface area (Å²) in [6.07, 6.45) is 4.80. The van der Waals surface area contributed by atoms with Crippen molar-refractivity contribution >= 4 is 15.9 Å². The first-order chi connectivity index (χ1) is 8.94. The van der Waals surface area contributed by atoms with Crippen molar-refractivity contribution < 1.29 is 13.2 Å². The Morgan fingerprint density at radius 3 is 2.79 bits per heavy atom. The smallest absolute Gasteiger partial charge is 0.246 e. The molecule has 1 N–H and O–H groups in total. The lowest BCUT2D eigenvalue weighted by Crippen LogP contribution is -2.51. The van der Waals surface area contributed by atoms with Gasteiger partial charge in [-0.15, -0.1) is 0 Å². The second-order valence-electron chi connectivity index (χ2n) is 4.79. The molecule has 0 aromatic carbocycles. The van der Waals surface area contributed by atoms with E-state index in [1.807, 2.05) is 0 Å². The largest absolute Gasteiger partial charge is 0.347 e. The number of carbonyl (C=O) groups excluding carboxylic acids is 1. The molecular weight excluding hydrogens is 268 g/mol. The van der Waals surface area contributed by atoms with Crippen molar-refractivity contribution in [3.63, 3.8) is 0 Å². The van der Waals surface area contributed by atoms with Gasteiger partial charge in [0.2, 0.25) is 15.9 Å². The van der Waals surface area contributed by atoms with Gasteiger partial charge in [-0.2, -0.15) is 9.40 Å². The Balaban J connectivity index is 2.33. The van der Waals surface area contributed by atoms with Crippen LogP contribution in [0.1, 0.15) is 19.3 Å². The van der Waals surface area contributed by atoms with E-state index in [9.17, 15) is 13.2 Å². The van der Waals surface area contributed by atoms with Gasteiger partial charge >= 0.3 is 0 Å². The molecule has 0 unspecified atom stereocenters. The fourth-order valence-corrected chi connectivity index (χ4v) is 3.81. The van der Waals surface area contributed by atoms with E-state index in [-0.39, 0.29) is 10.8 Å². The van der Waals surface area contributed by atoms with Gasteiger partial charge in [0.15, 0.2) is 0 Å². The average molecular weight is 286 g/mol. The van der Waals surface area contributed by atoms with Crippen LogP contribution in [-0.4, -0.2) is 60.4 Å². The molecule has 19 heavy (non-hydrogen) atoms. The van der Waals surface area contributed by atoms with Gasteiger partial charge in [0.05, 0.1) is 6.20 Å². The normalized spacial score (nSPS) is 21.3. The molecule has 2 rings (SSSR count). The van der Waals surface area contributed by atoms with Crippen LogP contribution < -0.4 is 0 Å². The summed E-state index contributed by atoms with van der Waals surface area (Å²) in [5.41, 5.74) is 0. The van der Waals surface area contributed by atoms with Crippen molar-refractivity contribution in [2.24, 2.45) is 0 Å².